The summed E-state index contributed by atoms with van der Waals surface area (Å²) in [6.45, 7) is 2.86. The molecule has 1 atom stereocenters. The fourth-order valence-electron chi connectivity index (χ4n) is 3.33. The maximum Gasteiger partial charge on any atom is 0.242 e. The van der Waals surface area contributed by atoms with Crippen LogP contribution in [0.5, 0.6) is 11.5 Å². The number of fused-ring (bicyclic) bond motifs is 1. The van der Waals surface area contributed by atoms with Gasteiger partial charge in [-0.1, -0.05) is 6.07 Å². The smallest absolute Gasteiger partial charge is 0.242 e. The topological polar surface area (TPSA) is 59.1 Å². The average Bonchev–Trinajstić information content (AvgIpc) is 3.25. The Kier molecular flexibility index (Phi) is 4.26. The van der Waals surface area contributed by atoms with Gasteiger partial charge >= 0.3 is 0 Å². The molecule has 0 bridgehead atoms. The summed E-state index contributed by atoms with van der Waals surface area (Å²) < 4.78 is 11.2. The van der Waals surface area contributed by atoms with Crippen molar-refractivity contribution < 1.29 is 19.1 Å². The van der Waals surface area contributed by atoms with Gasteiger partial charge in [0.2, 0.25) is 11.8 Å². The highest BCUT2D eigenvalue weighted by Crippen LogP contribution is 2.42. The first-order chi connectivity index (χ1) is 11.7. The highest BCUT2D eigenvalue weighted by Gasteiger charge is 2.36. The lowest BCUT2D eigenvalue weighted by molar-refractivity contribution is -0.138. The lowest BCUT2D eigenvalue weighted by Gasteiger charge is -2.27. The second-order valence-corrected chi connectivity index (χ2v) is 7.24. The molecule has 6 nitrogen and oxygen atoms in total. The van der Waals surface area contributed by atoms with Crippen LogP contribution in [0.2, 0.25) is 0 Å². The Hall–Kier alpha value is -1.89. The van der Waals surface area contributed by atoms with Crippen LogP contribution in [0.4, 0.5) is 0 Å². The molecular formula is C17H20N2O4S. The van der Waals surface area contributed by atoms with Crippen LogP contribution in [-0.2, 0) is 9.59 Å². The van der Waals surface area contributed by atoms with Crippen LogP contribution >= 0.6 is 11.8 Å². The molecule has 0 spiro atoms. The Morgan fingerprint density at radius 1 is 1.17 bits per heavy atom. The molecule has 0 N–H and O–H groups in total. The Morgan fingerprint density at radius 2 is 1.92 bits per heavy atom. The van der Waals surface area contributed by atoms with E-state index in [0.29, 0.717) is 24.7 Å². The van der Waals surface area contributed by atoms with Crippen molar-refractivity contribution in [2.24, 2.45) is 0 Å². The number of thioether (sulfide) groups is 1. The minimum atomic E-state index is -0.139. The van der Waals surface area contributed by atoms with E-state index in [1.54, 1.807) is 16.7 Å². The maximum atomic E-state index is 12.4. The normalized spacial score (nSPS) is 23.0. The quantitative estimate of drug-likeness (QED) is 0.831. The van der Waals surface area contributed by atoms with E-state index in [-0.39, 0.29) is 23.7 Å². The number of benzene rings is 1. The minimum Gasteiger partial charge on any atom is -0.486 e. The van der Waals surface area contributed by atoms with E-state index in [1.807, 2.05) is 23.1 Å². The number of likely N-dealkylation sites (tertiary alicyclic amines) is 1. The van der Waals surface area contributed by atoms with Crippen LogP contribution in [0.15, 0.2) is 18.2 Å². The number of nitrogens with zero attached hydrogens (tertiary/aromatic N) is 2. The van der Waals surface area contributed by atoms with Gasteiger partial charge < -0.3 is 19.3 Å². The summed E-state index contributed by atoms with van der Waals surface area (Å²) in [5.41, 5.74) is 0.976. The second kappa shape index (κ2) is 6.55. The van der Waals surface area contributed by atoms with Gasteiger partial charge in [0.25, 0.3) is 0 Å². The van der Waals surface area contributed by atoms with Crippen molar-refractivity contribution in [1.29, 1.82) is 0 Å². The summed E-state index contributed by atoms with van der Waals surface area (Å²) >= 11 is 1.56. The standard InChI is InChI=1S/C17H20N2O4S/c20-15(18-5-1-2-6-18)10-19-16(21)11-24-17(19)12-3-4-13-14(9-12)23-8-7-22-13/h3-4,9,17H,1-2,5-8,10-11H2/t17-/m0/s1. The van der Waals surface area contributed by atoms with E-state index < -0.39 is 0 Å². The van der Waals surface area contributed by atoms with Gasteiger partial charge in [-0.3, -0.25) is 9.59 Å². The number of hydrogen-bond acceptors (Lipinski definition) is 5. The molecule has 0 radical (unpaired) electrons. The van der Waals surface area contributed by atoms with Crippen molar-refractivity contribution >= 4 is 23.6 Å². The highest BCUT2D eigenvalue weighted by atomic mass is 32.2. The molecular weight excluding hydrogens is 328 g/mol. The third kappa shape index (κ3) is 2.92. The van der Waals surface area contributed by atoms with Gasteiger partial charge in [-0.25, -0.2) is 0 Å². The van der Waals surface area contributed by atoms with Crippen LogP contribution < -0.4 is 9.47 Å². The second-order valence-electron chi connectivity index (χ2n) is 6.18. The number of rotatable bonds is 3. The summed E-state index contributed by atoms with van der Waals surface area (Å²) in [4.78, 5) is 28.3. The van der Waals surface area contributed by atoms with Gasteiger partial charge in [0, 0.05) is 13.1 Å². The molecule has 1 aromatic carbocycles. The monoisotopic (exact) mass is 348 g/mol. The van der Waals surface area contributed by atoms with E-state index >= 15 is 0 Å². The molecule has 3 aliphatic rings. The molecule has 2 amide bonds. The van der Waals surface area contributed by atoms with Crippen LogP contribution in [0.3, 0.4) is 0 Å². The number of amides is 2. The first kappa shape index (κ1) is 15.6. The molecule has 4 rings (SSSR count). The van der Waals surface area contributed by atoms with Crippen molar-refractivity contribution in [3.8, 4) is 11.5 Å². The number of ether oxygens (including phenoxy) is 2. The van der Waals surface area contributed by atoms with Crippen molar-refractivity contribution in [3.63, 3.8) is 0 Å². The van der Waals surface area contributed by atoms with Crippen molar-refractivity contribution in [3.05, 3.63) is 23.8 Å². The SMILES string of the molecule is O=C(CN1C(=O)CS[C@H]1c1ccc2c(c1)OCCO2)N1CCCC1. The van der Waals surface area contributed by atoms with Crippen molar-refractivity contribution in [2.45, 2.75) is 18.2 Å². The summed E-state index contributed by atoms with van der Waals surface area (Å²) in [6.07, 6.45) is 2.11. The Labute approximate surface area is 145 Å². The molecule has 3 heterocycles. The number of carbonyl (C=O) groups is 2. The zero-order valence-electron chi connectivity index (χ0n) is 13.4. The third-order valence-electron chi connectivity index (χ3n) is 4.58. The first-order valence-electron chi connectivity index (χ1n) is 8.31. The molecule has 7 heteroatoms. The molecule has 128 valence electrons. The van der Waals surface area contributed by atoms with Crippen molar-refractivity contribution in [1.82, 2.24) is 9.80 Å². The van der Waals surface area contributed by atoms with Gasteiger partial charge in [-0.2, -0.15) is 0 Å². The maximum absolute atomic E-state index is 12.4. The molecule has 1 aromatic rings. The molecule has 24 heavy (non-hydrogen) atoms. The van der Waals surface area contributed by atoms with E-state index in [1.165, 1.54) is 0 Å². The average molecular weight is 348 g/mol. The van der Waals surface area contributed by atoms with Crippen LogP contribution in [-0.4, -0.2) is 60.2 Å². The van der Waals surface area contributed by atoms with E-state index in [4.69, 9.17) is 9.47 Å². The molecule has 2 fully saturated rings. The Bertz CT molecular complexity index is 660. The van der Waals surface area contributed by atoms with Gasteiger partial charge in [0.15, 0.2) is 11.5 Å². The number of hydrogen-bond donors (Lipinski definition) is 0. The third-order valence-corrected chi connectivity index (χ3v) is 5.84. The molecule has 0 saturated carbocycles. The zero-order chi connectivity index (χ0) is 16.5. The van der Waals surface area contributed by atoms with Gasteiger partial charge in [-0.05, 0) is 30.5 Å². The highest BCUT2D eigenvalue weighted by molar-refractivity contribution is 8.00. The van der Waals surface area contributed by atoms with E-state index in [2.05, 4.69) is 0 Å². The molecule has 2 saturated heterocycles. The first-order valence-corrected chi connectivity index (χ1v) is 9.35. The molecule has 0 aliphatic carbocycles. The van der Waals surface area contributed by atoms with Crippen LogP contribution in [0.1, 0.15) is 23.8 Å². The van der Waals surface area contributed by atoms with Crippen LogP contribution in [0.25, 0.3) is 0 Å². The molecule has 3 aliphatic heterocycles. The lowest BCUT2D eigenvalue weighted by Crippen LogP contribution is -2.40. The van der Waals surface area contributed by atoms with E-state index in [0.717, 1.165) is 37.2 Å². The fraction of sp³-hybridized carbons (Fsp3) is 0.529. The minimum absolute atomic E-state index is 0.0208. The number of carbonyl (C=O) groups excluding carboxylic acids is 2. The predicted molar refractivity (Wildman–Crippen MR) is 90.2 cm³/mol. The zero-order valence-corrected chi connectivity index (χ0v) is 14.2. The Morgan fingerprint density at radius 3 is 2.71 bits per heavy atom. The summed E-state index contributed by atoms with van der Waals surface area (Å²) in [5.74, 6) is 1.92. The fourth-order valence-corrected chi connectivity index (χ4v) is 4.50. The largest absolute Gasteiger partial charge is 0.486 e. The van der Waals surface area contributed by atoms with Crippen LogP contribution in [0, 0.1) is 0 Å². The summed E-state index contributed by atoms with van der Waals surface area (Å²) in [7, 11) is 0. The summed E-state index contributed by atoms with van der Waals surface area (Å²) in [6, 6.07) is 5.77. The lowest BCUT2D eigenvalue weighted by atomic mass is 10.1. The molecule has 0 aromatic heterocycles. The molecule has 0 unspecified atom stereocenters. The van der Waals surface area contributed by atoms with Crippen molar-refractivity contribution in [2.75, 3.05) is 38.6 Å². The van der Waals surface area contributed by atoms with Gasteiger partial charge in [0.05, 0.1) is 5.75 Å². The van der Waals surface area contributed by atoms with Gasteiger partial charge in [0.1, 0.15) is 25.1 Å². The summed E-state index contributed by atoms with van der Waals surface area (Å²) in [5, 5.41) is -0.139. The Balaban J connectivity index is 1.52. The van der Waals surface area contributed by atoms with Gasteiger partial charge in [-0.15, -0.1) is 11.8 Å². The van der Waals surface area contributed by atoms with E-state index in [9.17, 15) is 9.59 Å². The predicted octanol–water partition coefficient (Wildman–Crippen LogP) is 1.65.